The number of esters is 1. The quantitative estimate of drug-likeness (QED) is 0.855. The van der Waals surface area contributed by atoms with Crippen molar-refractivity contribution in [3.63, 3.8) is 0 Å². The molecule has 0 aromatic carbocycles. The molecule has 0 saturated heterocycles. The van der Waals surface area contributed by atoms with Crippen LogP contribution in [-0.4, -0.2) is 28.3 Å². The van der Waals surface area contributed by atoms with E-state index in [0.29, 0.717) is 23.4 Å². The second kappa shape index (κ2) is 6.62. The topological polar surface area (TPSA) is 72.0 Å². The summed E-state index contributed by atoms with van der Waals surface area (Å²) in [5.74, 6) is 0.992. The lowest BCUT2D eigenvalue weighted by Gasteiger charge is -2.09. The van der Waals surface area contributed by atoms with E-state index in [4.69, 9.17) is 0 Å². The van der Waals surface area contributed by atoms with E-state index in [1.807, 2.05) is 20.8 Å². The number of thioether (sulfide) groups is 1. The summed E-state index contributed by atoms with van der Waals surface area (Å²) in [7, 11) is 1.38. The van der Waals surface area contributed by atoms with Crippen LogP contribution in [0.2, 0.25) is 0 Å². The molecular formula is C14H18N2O3S2. The normalized spacial score (nSPS) is 12.6. The summed E-state index contributed by atoms with van der Waals surface area (Å²) in [4.78, 5) is 32.6. The molecule has 2 aromatic rings. The van der Waals surface area contributed by atoms with Gasteiger partial charge in [-0.1, -0.05) is 6.92 Å². The zero-order valence-corrected chi connectivity index (χ0v) is 14.1. The zero-order chi connectivity index (χ0) is 15.6. The third kappa shape index (κ3) is 3.65. The van der Waals surface area contributed by atoms with Gasteiger partial charge in [0, 0.05) is 10.1 Å². The van der Waals surface area contributed by atoms with Gasteiger partial charge in [0.15, 0.2) is 0 Å². The van der Waals surface area contributed by atoms with Crippen LogP contribution in [0, 0.1) is 13.8 Å². The molecule has 2 aromatic heterocycles. The van der Waals surface area contributed by atoms with Crippen molar-refractivity contribution < 1.29 is 9.53 Å². The Hall–Kier alpha value is -1.34. The molecule has 2 heterocycles. The average Bonchev–Trinajstić information content (AvgIpc) is 2.72. The van der Waals surface area contributed by atoms with Gasteiger partial charge in [-0.3, -0.25) is 9.59 Å². The van der Waals surface area contributed by atoms with Crippen molar-refractivity contribution in [2.45, 2.75) is 38.2 Å². The van der Waals surface area contributed by atoms with Gasteiger partial charge in [0.05, 0.1) is 24.7 Å². The molecule has 0 saturated carbocycles. The van der Waals surface area contributed by atoms with Crippen LogP contribution in [0.15, 0.2) is 4.79 Å². The Balaban J connectivity index is 2.13. The molecule has 0 aliphatic carbocycles. The molecule has 0 amide bonds. The number of methoxy groups -OCH3 is 1. The minimum atomic E-state index is -0.226. The predicted octanol–water partition coefficient (Wildman–Crippen LogP) is 2.79. The third-order valence-corrected chi connectivity index (χ3v) is 5.55. The van der Waals surface area contributed by atoms with Crippen molar-refractivity contribution in [1.29, 1.82) is 0 Å². The molecule has 0 aliphatic rings. The number of nitrogens with one attached hydrogen (secondary N) is 1. The number of carbonyl (C=O) groups is 1. The van der Waals surface area contributed by atoms with Gasteiger partial charge in [-0.05, 0) is 19.4 Å². The summed E-state index contributed by atoms with van der Waals surface area (Å²) >= 11 is 3.11. The number of aryl methyl sites for hydroxylation is 2. The summed E-state index contributed by atoms with van der Waals surface area (Å²) < 4.78 is 4.64. The van der Waals surface area contributed by atoms with Gasteiger partial charge < -0.3 is 9.72 Å². The SMILES string of the molecule is COC(=O)CC(C)SCc1nc2sc(C)c(C)c2c(=O)[nH]1. The smallest absolute Gasteiger partial charge is 0.306 e. The number of aromatic nitrogens is 2. The van der Waals surface area contributed by atoms with E-state index < -0.39 is 0 Å². The van der Waals surface area contributed by atoms with Crippen LogP contribution in [0.1, 0.15) is 29.6 Å². The predicted molar refractivity (Wildman–Crippen MR) is 87.1 cm³/mol. The first-order chi connectivity index (χ1) is 9.92. The van der Waals surface area contributed by atoms with Gasteiger partial charge in [0.2, 0.25) is 0 Å². The summed E-state index contributed by atoms with van der Waals surface area (Å²) in [5.41, 5.74) is 0.917. The van der Waals surface area contributed by atoms with Gasteiger partial charge in [0.25, 0.3) is 5.56 Å². The number of rotatable bonds is 5. The van der Waals surface area contributed by atoms with Crippen LogP contribution < -0.4 is 5.56 Å². The monoisotopic (exact) mass is 326 g/mol. The Kier molecular flexibility index (Phi) is 5.05. The molecule has 1 unspecified atom stereocenters. The second-order valence-electron chi connectivity index (χ2n) is 4.88. The van der Waals surface area contributed by atoms with Crippen molar-refractivity contribution in [2.24, 2.45) is 0 Å². The third-order valence-electron chi connectivity index (χ3n) is 3.27. The second-order valence-corrected chi connectivity index (χ2v) is 7.51. The lowest BCUT2D eigenvalue weighted by molar-refractivity contribution is -0.140. The molecule has 0 fully saturated rings. The molecule has 7 heteroatoms. The fourth-order valence-electron chi connectivity index (χ4n) is 1.97. The van der Waals surface area contributed by atoms with E-state index in [1.165, 1.54) is 7.11 Å². The highest BCUT2D eigenvalue weighted by atomic mass is 32.2. The van der Waals surface area contributed by atoms with Gasteiger partial charge >= 0.3 is 5.97 Å². The first kappa shape index (κ1) is 16.0. The Labute approximate surface area is 131 Å². The summed E-state index contributed by atoms with van der Waals surface area (Å²) in [5, 5.41) is 0.805. The first-order valence-corrected chi connectivity index (χ1v) is 8.46. The van der Waals surface area contributed by atoms with Gasteiger partial charge in [-0.25, -0.2) is 4.98 Å². The van der Waals surface area contributed by atoms with E-state index in [0.717, 1.165) is 15.3 Å². The maximum Gasteiger partial charge on any atom is 0.306 e. The number of ether oxygens (including phenoxy) is 1. The van der Waals surface area contributed by atoms with E-state index >= 15 is 0 Å². The number of hydrogen-bond donors (Lipinski definition) is 1. The van der Waals surface area contributed by atoms with E-state index in [1.54, 1.807) is 23.1 Å². The van der Waals surface area contributed by atoms with Crippen molar-refractivity contribution >= 4 is 39.3 Å². The van der Waals surface area contributed by atoms with Crippen LogP contribution in [0.3, 0.4) is 0 Å². The van der Waals surface area contributed by atoms with E-state index in [9.17, 15) is 9.59 Å². The highest BCUT2D eigenvalue weighted by molar-refractivity contribution is 7.99. The average molecular weight is 326 g/mol. The van der Waals surface area contributed by atoms with Crippen LogP contribution in [0.5, 0.6) is 0 Å². The molecule has 0 radical (unpaired) electrons. The van der Waals surface area contributed by atoms with Crippen molar-refractivity contribution in [3.05, 3.63) is 26.6 Å². The molecule has 1 N–H and O–H groups in total. The number of hydrogen-bond acceptors (Lipinski definition) is 6. The number of H-pyrrole nitrogens is 1. The fourth-order valence-corrected chi connectivity index (χ4v) is 3.85. The van der Waals surface area contributed by atoms with Crippen LogP contribution in [0.4, 0.5) is 0 Å². The maximum absolute atomic E-state index is 12.1. The molecule has 1 atom stereocenters. The molecule has 0 spiro atoms. The fraction of sp³-hybridized carbons (Fsp3) is 0.500. The molecule has 0 aliphatic heterocycles. The highest BCUT2D eigenvalue weighted by Crippen LogP contribution is 2.26. The van der Waals surface area contributed by atoms with Gasteiger partial charge in [-0.15, -0.1) is 11.3 Å². The number of thiophene rings is 1. The zero-order valence-electron chi connectivity index (χ0n) is 12.5. The first-order valence-electron chi connectivity index (χ1n) is 6.59. The Morgan fingerprint density at radius 1 is 1.48 bits per heavy atom. The maximum atomic E-state index is 12.1. The van der Waals surface area contributed by atoms with Gasteiger partial charge in [-0.2, -0.15) is 11.8 Å². The van der Waals surface area contributed by atoms with Gasteiger partial charge in [0.1, 0.15) is 10.7 Å². The molecular weight excluding hydrogens is 308 g/mol. The molecule has 5 nitrogen and oxygen atoms in total. The van der Waals surface area contributed by atoms with E-state index in [2.05, 4.69) is 14.7 Å². The minimum Gasteiger partial charge on any atom is -0.469 e. The lowest BCUT2D eigenvalue weighted by Crippen LogP contribution is -2.13. The largest absolute Gasteiger partial charge is 0.469 e. The number of fused-ring (bicyclic) bond motifs is 1. The van der Waals surface area contributed by atoms with Crippen LogP contribution in [0.25, 0.3) is 10.2 Å². The standard InChI is InChI=1S/C14H18N2O3S2/c1-7(5-11(17)19-4)20-6-10-15-13(18)12-8(2)9(3)21-14(12)16-10/h7H,5-6H2,1-4H3,(H,15,16,18). The number of carbonyl (C=O) groups excluding carboxylic acids is 1. The lowest BCUT2D eigenvalue weighted by atomic mass is 10.2. The molecule has 21 heavy (non-hydrogen) atoms. The summed E-state index contributed by atoms with van der Waals surface area (Å²) in [6.07, 6.45) is 0.352. The molecule has 2 rings (SSSR count). The van der Waals surface area contributed by atoms with E-state index in [-0.39, 0.29) is 16.8 Å². The molecule has 114 valence electrons. The number of aromatic amines is 1. The highest BCUT2D eigenvalue weighted by Gasteiger charge is 2.14. The summed E-state index contributed by atoms with van der Waals surface area (Å²) in [6.45, 7) is 5.89. The Morgan fingerprint density at radius 3 is 2.86 bits per heavy atom. The Bertz CT molecular complexity index is 721. The molecule has 0 bridgehead atoms. The summed E-state index contributed by atoms with van der Waals surface area (Å²) in [6, 6.07) is 0. The Morgan fingerprint density at radius 2 is 2.19 bits per heavy atom. The van der Waals surface area contributed by atoms with Crippen molar-refractivity contribution in [1.82, 2.24) is 9.97 Å². The van der Waals surface area contributed by atoms with Crippen molar-refractivity contribution in [3.8, 4) is 0 Å². The van der Waals surface area contributed by atoms with Crippen LogP contribution in [-0.2, 0) is 15.3 Å². The van der Waals surface area contributed by atoms with Crippen LogP contribution >= 0.6 is 23.1 Å². The minimum absolute atomic E-state index is 0.0851. The van der Waals surface area contributed by atoms with Crippen molar-refractivity contribution in [2.75, 3.05) is 7.11 Å². The number of nitrogens with zero attached hydrogens (tertiary/aromatic N) is 1.